The summed E-state index contributed by atoms with van der Waals surface area (Å²) < 4.78 is 5.97. The Morgan fingerprint density at radius 3 is 2.52 bits per heavy atom. The van der Waals surface area contributed by atoms with Crippen molar-refractivity contribution in [1.29, 1.82) is 0 Å². The molecule has 0 aliphatic carbocycles. The number of hydrogen-bond acceptors (Lipinski definition) is 3. The standard InChI is InChI=1S/C19H17Cl2NOS.ClH/c20-16-7-8-19(23-13-14-4-1-2-6-18(14)21)15(10-16)11-22-12-17-5-3-9-24-17;/h1-10,22H,11-13H2;1H. The smallest absolute Gasteiger partial charge is 0.124 e. The van der Waals surface area contributed by atoms with Crippen LogP contribution in [0.25, 0.3) is 0 Å². The zero-order chi connectivity index (χ0) is 16.8. The first-order valence-electron chi connectivity index (χ1n) is 7.60. The zero-order valence-electron chi connectivity index (χ0n) is 13.4. The third kappa shape index (κ3) is 5.91. The van der Waals surface area contributed by atoms with Gasteiger partial charge in [-0.3, -0.25) is 0 Å². The van der Waals surface area contributed by atoms with E-state index < -0.39 is 0 Å². The van der Waals surface area contributed by atoms with Crippen molar-refractivity contribution in [3.05, 3.63) is 86.0 Å². The molecule has 0 bridgehead atoms. The molecular weight excluding hydrogens is 397 g/mol. The first-order valence-corrected chi connectivity index (χ1v) is 9.23. The number of thiophene rings is 1. The summed E-state index contributed by atoms with van der Waals surface area (Å²) in [5, 5.41) is 6.92. The van der Waals surface area contributed by atoms with Crippen molar-refractivity contribution >= 4 is 46.9 Å². The van der Waals surface area contributed by atoms with Crippen LogP contribution in [0.2, 0.25) is 10.0 Å². The molecule has 3 rings (SSSR count). The molecule has 0 saturated heterocycles. The largest absolute Gasteiger partial charge is 0.489 e. The van der Waals surface area contributed by atoms with Crippen LogP contribution in [0, 0.1) is 0 Å². The Morgan fingerprint density at radius 2 is 1.76 bits per heavy atom. The van der Waals surface area contributed by atoms with Gasteiger partial charge in [0.05, 0.1) is 0 Å². The molecule has 0 unspecified atom stereocenters. The summed E-state index contributed by atoms with van der Waals surface area (Å²) in [5.74, 6) is 0.818. The molecule has 0 saturated carbocycles. The highest BCUT2D eigenvalue weighted by molar-refractivity contribution is 7.09. The average molecular weight is 415 g/mol. The number of benzene rings is 2. The van der Waals surface area contributed by atoms with Gasteiger partial charge in [-0.15, -0.1) is 23.7 Å². The first kappa shape index (κ1) is 20.1. The maximum absolute atomic E-state index is 6.18. The lowest BCUT2D eigenvalue weighted by atomic mass is 10.2. The van der Waals surface area contributed by atoms with Gasteiger partial charge in [-0.25, -0.2) is 0 Å². The van der Waals surface area contributed by atoms with E-state index in [1.807, 2.05) is 42.5 Å². The van der Waals surface area contributed by atoms with Crippen molar-refractivity contribution in [3.63, 3.8) is 0 Å². The lowest BCUT2D eigenvalue weighted by Crippen LogP contribution is -2.13. The highest BCUT2D eigenvalue weighted by Crippen LogP contribution is 2.25. The summed E-state index contributed by atoms with van der Waals surface area (Å²) >= 11 is 14.1. The van der Waals surface area contributed by atoms with Gasteiger partial charge in [-0.05, 0) is 35.7 Å². The van der Waals surface area contributed by atoms with Gasteiger partial charge in [-0.2, -0.15) is 0 Å². The molecule has 1 heterocycles. The Bertz CT molecular complexity index is 793. The van der Waals surface area contributed by atoms with Crippen LogP contribution in [0.4, 0.5) is 0 Å². The van der Waals surface area contributed by atoms with Crippen LogP contribution in [0.15, 0.2) is 60.0 Å². The molecular formula is C19H18Cl3NOS. The molecule has 1 N–H and O–H groups in total. The molecule has 3 aromatic rings. The lowest BCUT2D eigenvalue weighted by Gasteiger charge is -2.13. The van der Waals surface area contributed by atoms with E-state index in [1.165, 1.54) is 4.88 Å². The topological polar surface area (TPSA) is 21.3 Å². The number of rotatable bonds is 7. The third-order valence-electron chi connectivity index (χ3n) is 3.56. The van der Waals surface area contributed by atoms with E-state index in [2.05, 4.69) is 22.8 Å². The van der Waals surface area contributed by atoms with Gasteiger partial charge in [0.15, 0.2) is 0 Å². The number of nitrogens with one attached hydrogen (secondary N) is 1. The van der Waals surface area contributed by atoms with Gasteiger partial charge in [0.1, 0.15) is 12.4 Å². The Balaban J connectivity index is 0.00000225. The number of halogens is 3. The van der Waals surface area contributed by atoms with Crippen molar-refractivity contribution in [3.8, 4) is 5.75 Å². The summed E-state index contributed by atoms with van der Waals surface area (Å²) in [6.45, 7) is 1.95. The van der Waals surface area contributed by atoms with Crippen LogP contribution in [-0.4, -0.2) is 0 Å². The molecule has 0 radical (unpaired) electrons. The summed E-state index contributed by atoms with van der Waals surface area (Å²) in [5.41, 5.74) is 2.00. The second-order valence-corrected chi connectivity index (χ2v) is 7.19. The molecule has 1 aromatic heterocycles. The SMILES string of the molecule is Cl.Clc1ccc(OCc2ccccc2Cl)c(CNCc2cccs2)c1. The lowest BCUT2D eigenvalue weighted by molar-refractivity contribution is 0.302. The molecule has 25 heavy (non-hydrogen) atoms. The van der Waals surface area contributed by atoms with Crippen molar-refractivity contribution < 1.29 is 4.74 Å². The van der Waals surface area contributed by atoms with Crippen LogP contribution in [-0.2, 0) is 19.7 Å². The fourth-order valence-electron chi connectivity index (χ4n) is 2.33. The van der Waals surface area contributed by atoms with E-state index in [-0.39, 0.29) is 12.4 Å². The Kier molecular flexibility index (Phi) is 8.07. The summed E-state index contributed by atoms with van der Waals surface area (Å²) in [4.78, 5) is 1.30. The minimum absolute atomic E-state index is 0. The fourth-order valence-corrected chi connectivity index (χ4v) is 3.39. The van der Waals surface area contributed by atoms with Crippen molar-refractivity contribution in [2.45, 2.75) is 19.7 Å². The first-order chi connectivity index (χ1) is 11.7. The molecule has 2 aromatic carbocycles. The van der Waals surface area contributed by atoms with E-state index in [0.717, 1.165) is 23.4 Å². The van der Waals surface area contributed by atoms with Crippen molar-refractivity contribution in [1.82, 2.24) is 5.32 Å². The summed E-state index contributed by atoms with van der Waals surface area (Å²) in [6.07, 6.45) is 0. The van der Waals surface area contributed by atoms with E-state index in [4.69, 9.17) is 27.9 Å². The third-order valence-corrected chi connectivity index (χ3v) is 5.04. The normalized spacial score (nSPS) is 10.3. The van der Waals surface area contributed by atoms with Crippen LogP contribution >= 0.6 is 46.9 Å². The summed E-state index contributed by atoms with van der Waals surface area (Å²) in [6, 6.07) is 17.5. The van der Waals surface area contributed by atoms with Gasteiger partial charge in [0.25, 0.3) is 0 Å². The molecule has 0 aliphatic rings. The van der Waals surface area contributed by atoms with Crippen LogP contribution in [0.5, 0.6) is 5.75 Å². The predicted octanol–water partition coefficient (Wildman–Crippen LogP) is 6.35. The molecule has 0 amide bonds. The fraction of sp³-hybridized carbons (Fsp3) is 0.158. The maximum Gasteiger partial charge on any atom is 0.124 e. The molecule has 6 heteroatoms. The number of hydrogen-bond donors (Lipinski definition) is 1. The van der Waals surface area contributed by atoms with E-state index in [9.17, 15) is 0 Å². The molecule has 0 atom stereocenters. The second kappa shape index (κ2) is 10.0. The second-order valence-electron chi connectivity index (χ2n) is 5.32. The molecule has 0 spiro atoms. The van der Waals surface area contributed by atoms with Crippen LogP contribution < -0.4 is 10.1 Å². The quantitative estimate of drug-likeness (QED) is 0.486. The van der Waals surface area contributed by atoms with Gasteiger partial charge in [0, 0.05) is 39.1 Å². The number of ether oxygens (including phenoxy) is 1. The molecule has 0 aliphatic heterocycles. The van der Waals surface area contributed by atoms with Gasteiger partial charge >= 0.3 is 0 Å². The molecule has 0 fully saturated rings. The Hall–Kier alpha value is -1.23. The van der Waals surface area contributed by atoms with Gasteiger partial charge in [0.2, 0.25) is 0 Å². The Morgan fingerprint density at radius 1 is 0.920 bits per heavy atom. The van der Waals surface area contributed by atoms with Crippen LogP contribution in [0.3, 0.4) is 0 Å². The molecule has 132 valence electrons. The van der Waals surface area contributed by atoms with Crippen LogP contribution in [0.1, 0.15) is 16.0 Å². The molecule has 2 nitrogen and oxygen atoms in total. The monoisotopic (exact) mass is 413 g/mol. The van der Waals surface area contributed by atoms with Gasteiger partial charge < -0.3 is 10.1 Å². The van der Waals surface area contributed by atoms with E-state index >= 15 is 0 Å². The van der Waals surface area contributed by atoms with E-state index in [1.54, 1.807) is 11.3 Å². The minimum Gasteiger partial charge on any atom is -0.489 e. The highest BCUT2D eigenvalue weighted by Gasteiger charge is 2.07. The Labute approximate surface area is 168 Å². The zero-order valence-corrected chi connectivity index (χ0v) is 16.5. The minimum atomic E-state index is 0. The van der Waals surface area contributed by atoms with Crippen molar-refractivity contribution in [2.75, 3.05) is 0 Å². The van der Waals surface area contributed by atoms with E-state index in [0.29, 0.717) is 23.2 Å². The predicted molar refractivity (Wildman–Crippen MR) is 109 cm³/mol. The van der Waals surface area contributed by atoms with Gasteiger partial charge in [-0.1, -0.05) is 47.5 Å². The average Bonchev–Trinajstić information content (AvgIpc) is 3.09. The van der Waals surface area contributed by atoms with Crippen molar-refractivity contribution in [2.24, 2.45) is 0 Å². The highest BCUT2D eigenvalue weighted by atomic mass is 35.5. The maximum atomic E-state index is 6.18. The summed E-state index contributed by atoms with van der Waals surface area (Å²) in [7, 11) is 0.